The molecule has 8 heteroatoms. The molecule has 1 aliphatic rings. The molecule has 1 aromatic heterocycles. The molecule has 4 atom stereocenters. The molecule has 2 heterocycles. The molecule has 1 aromatic carbocycles. The molecule has 0 radical (unpaired) electrons. The van der Waals surface area contributed by atoms with Crippen molar-refractivity contribution in [3.8, 4) is 11.4 Å². The van der Waals surface area contributed by atoms with Gasteiger partial charge in [-0.25, -0.2) is 9.67 Å². The van der Waals surface area contributed by atoms with Gasteiger partial charge in [-0.1, -0.05) is 36.9 Å². The van der Waals surface area contributed by atoms with Gasteiger partial charge in [0.1, 0.15) is 24.0 Å². The molecule has 0 unspecified atom stereocenters. The number of hydrogen-bond donors (Lipinski definition) is 3. The Hall–Kier alpha value is -2.39. The minimum absolute atomic E-state index is 0.287. The Balaban J connectivity index is 2.07. The molecule has 1 saturated heterocycles. The zero-order valence-electron chi connectivity index (χ0n) is 13.7. The summed E-state index contributed by atoms with van der Waals surface area (Å²) in [7, 11) is 0. The van der Waals surface area contributed by atoms with Crippen LogP contribution in [0.15, 0.2) is 41.9 Å². The maximum Gasteiger partial charge on any atom is 0.199 e. The van der Waals surface area contributed by atoms with Crippen molar-refractivity contribution < 1.29 is 20.1 Å². The van der Waals surface area contributed by atoms with Crippen LogP contribution in [0.4, 0.5) is 0 Å². The Kier molecular flexibility index (Phi) is 5.05. The molecule has 0 aliphatic carbocycles. The molecule has 3 rings (SSSR count). The van der Waals surface area contributed by atoms with Crippen LogP contribution in [-0.2, 0) is 4.74 Å². The van der Waals surface area contributed by atoms with Gasteiger partial charge in [0, 0.05) is 11.8 Å². The number of benzene rings is 1. The van der Waals surface area contributed by atoms with Gasteiger partial charge in [-0.05, 0) is 6.92 Å². The average molecular weight is 344 g/mol. The second kappa shape index (κ2) is 7.24. The topological polar surface area (TPSA) is 113 Å². The zero-order valence-corrected chi connectivity index (χ0v) is 13.7. The van der Waals surface area contributed by atoms with Crippen molar-refractivity contribution >= 4 is 11.9 Å². The fraction of sp³-hybridized carbons (Fsp3) is 0.353. The minimum Gasteiger partial charge on any atom is -0.394 e. The monoisotopic (exact) mass is 344 g/mol. The smallest absolute Gasteiger partial charge is 0.199 e. The molecule has 0 spiro atoms. The van der Waals surface area contributed by atoms with Crippen LogP contribution in [0.3, 0.4) is 0 Å². The van der Waals surface area contributed by atoms with Gasteiger partial charge in [0.15, 0.2) is 17.9 Å². The van der Waals surface area contributed by atoms with Crippen LogP contribution in [0.2, 0.25) is 0 Å². The summed E-state index contributed by atoms with van der Waals surface area (Å²) in [4.78, 5) is 8.54. The SMILES string of the molecule is C=C(N=CC)c1nc(-c2ccccc2)n([C@@H]2O[C@H](CO)[C@@H](O)[C@H]2O)n1. The predicted molar refractivity (Wildman–Crippen MR) is 91.7 cm³/mol. The van der Waals surface area contributed by atoms with Gasteiger partial charge in [0.2, 0.25) is 0 Å². The van der Waals surface area contributed by atoms with E-state index in [1.165, 1.54) is 4.68 Å². The first-order chi connectivity index (χ1) is 12.1. The van der Waals surface area contributed by atoms with Crippen LogP contribution in [0.1, 0.15) is 19.0 Å². The summed E-state index contributed by atoms with van der Waals surface area (Å²) in [5.74, 6) is 0.729. The summed E-state index contributed by atoms with van der Waals surface area (Å²) in [6.07, 6.45) is -2.77. The van der Waals surface area contributed by atoms with Crippen molar-refractivity contribution in [2.75, 3.05) is 6.61 Å². The number of aliphatic hydroxyl groups is 3. The van der Waals surface area contributed by atoms with Crippen LogP contribution in [0, 0.1) is 0 Å². The number of aliphatic hydroxyl groups excluding tert-OH is 3. The fourth-order valence-corrected chi connectivity index (χ4v) is 2.70. The molecule has 3 N–H and O–H groups in total. The Labute approximate surface area is 144 Å². The molecular weight excluding hydrogens is 324 g/mol. The number of rotatable bonds is 5. The van der Waals surface area contributed by atoms with E-state index in [-0.39, 0.29) is 5.82 Å². The van der Waals surface area contributed by atoms with E-state index in [2.05, 4.69) is 21.7 Å². The lowest BCUT2D eigenvalue weighted by molar-refractivity contribution is -0.0578. The van der Waals surface area contributed by atoms with Gasteiger partial charge in [0.05, 0.1) is 6.61 Å². The third kappa shape index (κ3) is 3.24. The maximum absolute atomic E-state index is 10.3. The van der Waals surface area contributed by atoms with Crippen LogP contribution in [0.5, 0.6) is 0 Å². The molecule has 0 bridgehead atoms. The Morgan fingerprint density at radius 2 is 2.04 bits per heavy atom. The first-order valence-electron chi connectivity index (χ1n) is 7.89. The molecule has 8 nitrogen and oxygen atoms in total. The maximum atomic E-state index is 10.3. The molecule has 0 amide bonds. The standard InChI is InChI=1S/C17H20N4O4/c1-3-18-10(2)15-19-16(11-7-5-4-6-8-11)21(20-15)17-14(24)13(23)12(9-22)25-17/h3-8,12-14,17,22-24H,2,9H2,1H3/t12-,13-,14-,17-/m1/s1. The second-order valence-electron chi connectivity index (χ2n) is 5.63. The van der Waals surface area contributed by atoms with Crippen molar-refractivity contribution in [2.24, 2.45) is 4.99 Å². The summed E-state index contributed by atoms with van der Waals surface area (Å²) >= 11 is 0. The lowest BCUT2D eigenvalue weighted by atomic mass is 10.1. The van der Waals surface area contributed by atoms with Crippen LogP contribution >= 0.6 is 0 Å². The highest BCUT2D eigenvalue weighted by molar-refractivity contribution is 5.69. The normalized spacial score (nSPS) is 26.4. The van der Waals surface area contributed by atoms with E-state index in [0.717, 1.165) is 5.56 Å². The lowest BCUT2D eigenvalue weighted by Crippen LogP contribution is -2.33. The van der Waals surface area contributed by atoms with Gasteiger partial charge < -0.3 is 20.1 Å². The number of nitrogens with zero attached hydrogens (tertiary/aromatic N) is 4. The van der Waals surface area contributed by atoms with Crippen molar-refractivity contribution in [1.29, 1.82) is 0 Å². The van der Waals surface area contributed by atoms with E-state index < -0.39 is 31.1 Å². The molecular formula is C17H20N4O4. The highest BCUT2D eigenvalue weighted by Gasteiger charge is 2.45. The van der Waals surface area contributed by atoms with Crippen LogP contribution in [0.25, 0.3) is 17.1 Å². The molecule has 25 heavy (non-hydrogen) atoms. The van der Waals surface area contributed by atoms with Crippen LogP contribution < -0.4 is 0 Å². The number of aliphatic imine (C=N–C) groups is 1. The van der Waals surface area contributed by atoms with E-state index in [1.807, 2.05) is 30.3 Å². The third-order valence-electron chi connectivity index (χ3n) is 3.96. The van der Waals surface area contributed by atoms with E-state index in [4.69, 9.17) is 4.74 Å². The van der Waals surface area contributed by atoms with Crippen molar-refractivity contribution in [3.63, 3.8) is 0 Å². The molecule has 1 aliphatic heterocycles. The largest absolute Gasteiger partial charge is 0.394 e. The van der Waals surface area contributed by atoms with Crippen molar-refractivity contribution in [2.45, 2.75) is 31.5 Å². The lowest BCUT2D eigenvalue weighted by Gasteiger charge is -2.17. The summed E-state index contributed by atoms with van der Waals surface area (Å²) in [6.45, 7) is 5.17. The Morgan fingerprint density at radius 1 is 1.32 bits per heavy atom. The third-order valence-corrected chi connectivity index (χ3v) is 3.96. The van der Waals surface area contributed by atoms with Gasteiger partial charge in [-0.2, -0.15) is 0 Å². The highest BCUT2D eigenvalue weighted by atomic mass is 16.6. The van der Waals surface area contributed by atoms with Gasteiger partial charge >= 0.3 is 0 Å². The average Bonchev–Trinajstić information content (AvgIpc) is 3.18. The molecule has 0 saturated carbocycles. The van der Waals surface area contributed by atoms with E-state index in [9.17, 15) is 15.3 Å². The van der Waals surface area contributed by atoms with Crippen molar-refractivity contribution in [3.05, 3.63) is 42.7 Å². The van der Waals surface area contributed by atoms with E-state index in [1.54, 1.807) is 13.1 Å². The summed E-state index contributed by atoms with van der Waals surface area (Å²) in [6, 6.07) is 9.27. The number of aromatic nitrogens is 3. The Bertz CT molecular complexity index is 774. The minimum atomic E-state index is -1.25. The number of ether oxygens (including phenoxy) is 1. The molecule has 1 fully saturated rings. The quantitative estimate of drug-likeness (QED) is 0.685. The summed E-state index contributed by atoms with van der Waals surface area (Å²) in [5.41, 5.74) is 1.12. The number of hydrogen-bond acceptors (Lipinski definition) is 7. The molecule has 132 valence electrons. The zero-order chi connectivity index (χ0) is 18.0. The predicted octanol–water partition coefficient (Wildman–Crippen LogP) is 0.618. The summed E-state index contributed by atoms with van der Waals surface area (Å²) < 4.78 is 6.97. The summed E-state index contributed by atoms with van der Waals surface area (Å²) in [5, 5.41) is 34.0. The van der Waals surface area contributed by atoms with Gasteiger partial charge in [0.25, 0.3) is 0 Å². The second-order valence-corrected chi connectivity index (χ2v) is 5.63. The van der Waals surface area contributed by atoms with E-state index >= 15 is 0 Å². The highest BCUT2D eigenvalue weighted by Crippen LogP contribution is 2.32. The van der Waals surface area contributed by atoms with Crippen molar-refractivity contribution in [1.82, 2.24) is 14.8 Å². The first kappa shape index (κ1) is 17.4. The van der Waals surface area contributed by atoms with Crippen LogP contribution in [-0.4, -0.2) is 61.2 Å². The molecule has 2 aromatic rings. The fourth-order valence-electron chi connectivity index (χ4n) is 2.70. The van der Waals surface area contributed by atoms with Gasteiger partial charge in [-0.3, -0.25) is 4.99 Å². The first-order valence-corrected chi connectivity index (χ1v) is 7.89. The Morgan fingerprint density at radius 3 is 2.64 bits per heavy atom. The van der Waals surface area contributed by atoms with E-state index in [0.29, 0.717) is 11.5 Å². The van der Waals surface area contributed by atoms with Gasteiger partial charge in [-0.15, -0.1) is 5.10 Å².